The molecule has 0 aliphatic carbocycles. The molecule has 2 heterocycles. The second kappa shape index (κ2) is 7.20. The molecule has 0 amide bonds. The van der Waals surface area contributed by atoms with Gasteiger partial charge in [-0.2, -0.15) is 15.0 Å². The maximum absolute atomic E-state index is 5.74. The van der Waals surface area contributed by atoms with Gasteiger partial charge in [-0.05, 0) is 24.4 Å². The number of benzene rings is 1. The number of nitrogen functional groups attached to an aromatic ring is 1. The Kier molecular flexibility index (Phi) is 4.83. The first-order valence-electron chi connectivity index (χ1n) is 6.64. The maximum Gasteiger partial charge on any atom is 0.284 e. The third-order valence-corrected chi connectivity index (χ3v) is 3.76. The van der Waals surface area contributed by atoms with E-state index < -0.39 is 0 Å². The number of para-hydroxylation sites is 1. The summed E-state index contributed by atoms with van der Waals surface area (Å²) in [6, 6.07) is 9.61. The van der Waals surface area contributed by atoms with Crippen molar-refractivity contribution in [2.75, 3.05) is 11.1 Å². The Morgan fingerprint density at radius 3 is 2.74 bits per heavy atom. The molecule has 23 heavy (non-hydrogen) atoms. The van der Waals surface area contributed by atoms with E-state index in [1.54, 1.807) is 0 Å². The lowest BCUT2D eigenvalue weighted by Gasteiger charge is -2.06. The van der Waals surface area contributed by atoms with Gasteiger partial charge >= 0.3 is 0 Å². The van der Waals surface area contributed by atoms with Gasteiger partial charge in [0.25, 0.3) is 4.84 Å². The van der Waals surface area contributed by atoms with Crippen molar-refractivity contribution in [3.8, 4) is 0 Å². The van der Waals surface area contributed by atoms with E-state index in [0.717, 1.165) is 5.69 Å². The van der Waals surface area contributed by atoms with Crippen molar-refractivity contribution in [3.63, 3.8) is 0 Å². The van der Waals surface area contributed by atoms with E-state index in [4.69, 9.17) is 22.4 Å². The Labute approximate surface area is 141 Å². The van der Waals surface area contributed by atoms with Crippen LogP contribution in [0.1, 0.15) is 11.7 Å². The number of nitrogens with zero attached hydrogens (tertiary/aromatic N) is 4. The molecule has 0 unspecified atom stereocenters. The van der Waals surface area contributed by atoms with E-state index in [9.17, 15) is 0 Å². The number of nitrogens with two attached hydrogens (primary N) is 1. The van der Waals surface area contributed by atoms with Crippen molar-refractivity contribution < 1.29 is 4.42 Å². The summed E-state index contributed by atoms with van der Waals surface area (Å²) in [6.07, 6.45) is 0. The number of thioether (sulfide) groups is 1. The number of nitrogens with one attached hydrogen (secondary N) is 2. The van der Waals surface area contributed by atoms with Gasteiger partial charge in [0.05, 0.1) is 11.5 Å². The fourth-order valence-electron chi connectivity index (χ4n) is 1.76. The van der Waals surface area contributed by atoms with E-state index >= 15 is 0 Å². The van der Waals surface area contributed by atoms with Crippen LogP contribution in [0.25, 0.3) is 0 Å². The van der Waals surface area contributed by atoms with Gasteiger partial charge in [-0.3, -0.25) is 0 Å². The van der Waals surface area contributed by atoms with Crippen LogP contribution in [-0.2, 0) is 11.5 Å². The highest BCUT2D eigenvalue weighted by atomic mass is 32.2. The van der Waals surface area contributed by atoms with Gasteiger partial charge in [-0.15, -0.1) is 16.9 Å². The first-order valence-corrected chi connectivity index (χ1v) is 8.20. The van der Waals surface area contributed by atoms with Crippen LogP contribution in [0.2, 0.25) is 0 Å². The molecule has 0 radical (unpaired) electrons. The highest BCUT2D eigenvalue weighted by molar-refractivity contribution is 7.97. The molecule has 4 N–H and O–H groups in total. The minimum Gasteiger partial charge on any atom is -0.413 e. The minimum atomic E-state index is 0.173. The largest absolute Gasteiger partial charge is 0.413 e. The molecule has 1 aromatic carbocycles. The molecular formula is C13H13N7OS2. The Morgan fingerprint density at radius 1 is 1.17 bits per heavy atom. The highest BCUT2D eigenvalue weighted by Gasteiger charge is 2.07. The summed E-state index contributed by atoms with van der Waals surface area (Å²) in [5.74, 6) is 2.80. The van der Waals surface area contributed by atoms with Crippen LogP contribution in [0.5, 0.6) is 0 Å². The van der Waals surface area contributed by atoms with Crippen LogP contribution in [0, 0.1) is 4.84 Å². The zero-order chi connectivity index (χ0) is 16.1. The number of anilines is 3. The van der Waals surface area contributed by atoms with E-state index in [0.29, 0.717) is 29.2 Å². The average Bonchev–Trinajstić information content (AvgIpc) is 2.93. The van der Waals surface area contributed by atoms with E-state index in [1.807, 2.05) is 30.3 Å². The van der Waals surface area contributed by atoms with Crippen LogP contribution in [0.3, 0.4) is 0 Å². The monoisotopic (exact) mass is 347 g/mol. The molecular weight excluding hydrogens is 334 g/mol. The van der Waals surface area contributed by atoms with E-state index in [-0.39, 0.29) is 10.8 Å². The molecule has 0 fully saturated rings. The zero-order valence-electron chi connectivity index (χ0n) is 11.9. The normalized spacial score (nSPS) is 10.6. The molecule has 10 heteroatoms. The van der Waals surface area contributed by atoms with E-state index in [1.165, 1.54) is 11.8 Å². The van der Waals surface area contributed by atoms with Crippen LogP contribution in [0.15, 0.2) is 34.7 Å². The van der Waals surface area contributed by atoms with Crippen LogP contribution in [0.4, 0.5) is 17.6 Å². The molecule has 0 aliphatic heterocycles. The predicted octanol–water partition coefficient (Wildman–Crippen LogP) is 2.68. The first kappa shape index (κ1) is 15.4. The van der Waals surface area contributed by atoms with Crippen molar-refractivity contribution in [2.24, 2.45) is 0 Å². The first-order chi connectivity index (χ1) is 11.2. The summed E-state index contributed by atoms with van der Waals surface area (Å²) >= 11 is 6.36. The molecule has 3 rings (SSSR count). The quantitative estimate of drug-likeness (QED) is 0.578. The van der Waals surface area contributed by atoms with Gasteiger partial charge < -0.3 is 15.5 Å². The molecule has 0 bridgehead atoms. The van der Waals surface area contributed by atoms with Gasteiger partial charge in [0.1, 0.15) is 5.82 Å². The zero-order valence-corrected chi connectivity index (χ0v) is 13.5. The third kappa shape index (κ3) is 4.50. The van der Waals surface area contributed by atoms with Crippen molar-refractivity contribution in [1.29, 1.82) is 0 Å². The molecule has 0 atom stereocenters. The number of rotatable bonds is 6. The number of H-pyrrole nitrogens is 1. The Bertz CT molecular complexity index is 834. The van der Waals surface area contributed by atoms with Gasteiger partial charge in [-0.25, -0.2) is 5.10 Å². The SMILES string of the molecule is Nc1nc(CSCc2n[nH]c(=S)o2)nc(Nc2ccccc2)n1. The summed E-state index contributed by atoms with van der Waals surface area (Å²) in [5.41, 5.74) is 6.62. The molecule has 2 aromatic heterocycles. The lowest BCUT2D eigenvalue weighted by atomic mass is 10.3. The topological polar surface area (TPSA) is 119 Å². The lowest BCUT2D eigenvalue weighted by molar-refractivity contribution is 0.500. The molecule has 3 aromatic rings. The van der Waals surface area contributed by atoms with Gasteiger partial charge in [-0.1, -0.05) is 18.2 Å². The fraction of sp³-hybridized carbons (Fsp3) is 0.154. The summed E-state index contributed by atoms with van der Waals surface area (Å²) in [4.78, 5) is 12.8. The Balaban J connectivity index is 1.64. The van der Waals surface area contributed by atoms with Crippen molar-refractivity contribution in [2.45, 2.75) is 11.5 Å². The molecule has 118 valence electrons. The summed E-state index contributed by atoms with van der Waals surface area (Å²) in [6.45, 7) is 0. The van der Waals surface area contributed by atoms with Gasteiger partial charge in [0.15, 0.2) is 0 Å². The molecule has 0 saturated carbocycles. The Hall–Kier alpha value is -2.46. The number of aromatic amines is 1. The predicted molar refractivity (Wildman–Crippen MR) is 90.7 cm³/mol. The van der Waals surface area contributed by atoms with Gasteiger partial charge in [0.2, 0.25) is 17.8 Å². The minimum absolute atomic E-state index is 0.173. The average molecular weight is 347 g/mol. The lowest BCUT2D eigenvalue weighted by Crippen LogP contribution is -2.06. The number of hydrogen-bond acceptors (Lipinski definition) is 9. The van der Waals surface area contributed by atoms with E-state index in [2.05, 4.69) is 30.5 Å². The van der Waals surface area contributed by atoms with Crippen LogP contribution >= 0.6 is 24.0 Å². The second-order valence-corrected chi connectivity index (χ2v) is 5.78. The van der Waals surface area contributed by atoms with Crippen LogP contribution < -0.4 is 11.1 Å². The summed E-state index contributed by atoms with van der Waals surface area (Å²) in [7, 11) is 0. The summed E-state index contributed by atoms with van der Waals surface area (Å²) in [5, 5.41) is 9.60. The van der Waals surface area contributed by atoms with Crippen molar-refractivity contribution >= 4 is 41.6 Å². The molecule has 8 nitrogen and oxygen atoms in total. The molecule has 0 spiro atoms. The molecule has 0 saturated heterocycles. The second-order valence-electron chi connectivity index (χ2n) is 4.42. The van der Waals surface area contributed by atoms with Gasteiger partial charge in [0, 0.05) is 5.69 Å². The van der Waals surface area contributed by atoms with Crippen molar-refractivity contribution in [3.05, 3.63) is 46.9 Å². The van der Waals surface area contributed by atoms with Crippen molar-refractivity contribution in [1.82, 2.24) is 25.1 Å². The molecule has 0 aliphatic rings. The van der Waals surface area contributed by atoms with Crippen LogP contribution in [-0.4, -0.2) is 25.1 Å². The Morgan fingerprint density at radius 2 is 2.00 bits per heavy atom. The maximum atomic E-state index is 5.74. The smallest absolute Gasteiger partial charge is 0.284 e. The fourth-order valence-corrected chi connectivity index (χ4v) is 2.61. The summed E-state index contributed by atoms with van der Waals surface area (Å²) < 4.78 is 5.19. The number of aromatic nitrogens is 5. The highest BCUT2D eigenvalue weighted by Crippen LogP contribution is 2.17. The standard InChI is InChI=1S/C13H13N7OS2/c14-11-16-9(6-23-7-10-19-20-13(22)21-10)17-12(18-11)15-8-4-2-1-3-5-8/h1-5H,6-7H2,(H,20,22)(H3,14,15,16,17,18). The third-order valence-electron chi connectivity index (χ3n) is 2.67. The number of hydrogen-bond donors (Lipinski definition) is 3.